The maximum atomic E-state index is 13.0. The van der Waals surface area contributed by atoms with Crippen molar-refractivity contribution in [1.82, 2.24) is 10.2 Å². The topological polar surface area (TPSA) is 84.9 Å². The highest BCUT2D eigenvalue weighted by molar-refractivity contribution is 5.95. The Kier molecular flexibility index (Phi) is 6.74. The molecule has 162 valence electrons. The summed E-state index contributed by atoms with van der Waals surface area (Å²) in [6.07, 6.45) is -0.306. The van der Waals surface area contributed by atoms with Crippen molar-refractivity contribution in [1.29, 1.82) is 0 Å². The average Bonchev–Trinajstić information content (AvgIpc) is 2.71. The van der Waals surface area contributed by atoms with E-state index in [4.69, 9.17) is 9.47 Å². The lowest BCUT2D eigenvalue weighted by Crippen LogP contribution is -2.47. The Labute approximate surface area is 181 Å². The molecule has 0 saturated heterocycles. The van der Waals surface area contributed by atoms with Gasteiger partial charge in [0, 0.05) is 12.6 Å². The summed E-state index contributed by atoms with van der Waals surface area (Å²) in [6.45, 7) is 6.95. The van der Waals surface area contributed by atoms with Gasteiger partial charge in [0.2, 0.25) is 0 Å². The van der Waals surface area contributed by atoms with Gasteiger partial charge in [-0.05, 0) is 44.0 Å². The monoisotopic (exact) mass is 422 g/mol. The van der Waals surface area contributed by atoms with E-state index in [-0.39, 0.29) is 12.1 Å². The highest BCUT2D eigenvalue weighted by atomic mass is 16.5. The molecule has 0 bridgehead atoms. The molecule has 0 saturated carbocycles. The van der Waals surface area contributed by atoms with Crippen LogP contribution in [0.3, 0.4) is 0 Å². The summed E-state index contributed by atoms with van der Waals surface area (Å²) in [5.41, 5.74) is 2.52. The van der Waals surface area contributed by atoms with Crippen LogP contribution in [0, 0.1) is 0 Å². The van der Waals surface area contributed by atoms with Gasteiger partial charge in [-0.1, -0.05) is 42.5 Å². The molecule has 0 spiro atoms. The molecule has 1 aliphatic heterocycles. The molecule has 0 aromatic heterocycles. The first kappa shape index (κ1) is 22.1. The molecule has 2 amide bonds. The standard InChI is InChI=1S/C24H26N2O5/c1-15(2)30-23(28)21-16(3)26(14-18-8-6-5-7-9-18)24(29)25-22(21)19-10-12-20(13-11-19)31-17(4)27/h5-13,15,22H,14H2,1-4H3,(H,25,29)/t22-/m1/s1. The predicted octanol–water partition coefficient (Wildman–Crippen LogP) is 4.10. The van der Waals surface area contributed by atoms with Gasteiger partial charge in [-0.3, -0.25) is 9.69 Å². The largest absolute Gasteiger partial charge is 0.459 e. The van der Waals surface area contributed by atoms with Crippen molar-refractivity contribution in [3.05, 3.63) is 77.0 Å². The number of ether oxygens (including phenoxy) is 2. The number of nitrogens with zero attached hydrogens (tertiary/aromatic N) is 1. The molecule has 31 heavy (non-hydrogen) atoms. The van der Waals surface area contributed by atoms with Crippen molar-refractivity contribution in [3.8, 4) is 5.75 Å². The molecule has 2 aromatic carbocycles. The Hall–Kier alpha value is -3.61. The van der Waals surface area contributed by atoms with Crippen molar-refractivity contribution in [2.24, 2.45) is 0 Å². The number of rotatable bonds is 6. The van der Waals surface area contributed by atoms with Crippen LogP contribution in [0.1, 0.15) is 44.9 Å². The van der Waals surface area contributed by atoms with Gasteiger partial charge in [-0.15, -0.1) is 0 Å². The fourth-order valence-electron chi connectivity index (χ4n) is 3.42. The maximum Gasteiger partial charge on any atom is 0.338 e. The molecule has 7 nitrogen and oxygen atoms in total. The number of urea groups is 1. The zero-order valence-corrected chi connectivity index (χ0v) is 18.0. The van der Waals surface area contributed by atoms with E-state index < -0.39 is 18.0 Å². The van der Waals surface area contributed by atoms with E-state index in [1.807, 2.05) is 30.3 Å². The van der Waals surface area contributed by atoms with E-state index in [9.17, 15) is 14.4 Å². The number of carbonyl (C=O) groups excluding carboxylic acids is 3. The predicted molar refractivity (Wildman–Crippen MR) is 115 cm³/mol. The molecule has 1 aliphatic rings. The fraction of sp³-hybridized carbons (Fsp3) is 0.292. The smallest absolute Gasteiger partial charge is 0.338 e. The molecular formula is C24H26N2O5. The summed E-state index contributed by atoms with van der Waals surface area (Å²) in [4.78, 5) is 38.6. The van der Waals surface area contributed by atoms with Gasteiger partial charge in [0.25, 0.3) is 0 Å². The van der Waals surface area contributed by atoms with Crippen LogP contribution in [-0.4, -0.2) is 29.0 Å². The van der Waals surface area contributed by atoms with E-state index >= 15 is 0 Å². The Morgan fingerprint density at radius 1 is 1.06 bits per heavy atom. The number of carbonyl (C=O) groups is 3. The zero-order chi connectivity index (χ0) is 22.5. The number of esters is 2. The van der Waals surface area contributed by atoms with Gasteiger partial charge in [0.1, 0.15) is 5.75 Å². The van der Waals surface area contributed by atoms with Gasteiger partial charge in [0.15, 0.2) is 0 Å². The number of benzene rings is 2. The van der Waals surface area contributed by atoms with Crippen molar-refractivity contribution in [2.75, 3.05) is 0 Å². The first-order valence-electron chi connectivity index (χ1n) is 10.1. The van der Waals surface area contributed by atoms with E-state index in [0.29, 0.717) is 29.1 Å². The number of nitrogens with one attached hydrogen (secondary N) is 1. The van der Waals surface area contributed by atoms with Crippen LogP contribution in [0.5, 0.6) is 5.75 Å². The third kappa shape index (κ3) is 5.31. The summed E-state index contributed by atoms with van der Waals surface area (Å²) >= 11 is 0. The number of allylic oxidation sites excluding steroid dienone is 1. The summed E-state index contributed by atoms with van der Waals surface area (Å²) in [5, 5.41) is 2.92. The third-order valence-electron chi connectivity index (χ3n) is 4.82. The summed E-state index contributed by atoms with van der Waals surface area (Å²) in [6, 6.07) is 15.2. The second-order valence-corrected chi connectivity index (χ2v) is 7.57. The summed E-state index contributed by atoms with van der Waals surface area (Å²) < 4.78 is 10.5. The van der Waals surface area contributed by atoms with Crippen molar-refractivity contribution in [3.63, 3.8) is 0 Å². The molecule has 1 atom stereocenters. The Morgan fingerprint density at radius 3 is 2.29 bits per heavy atom. The molecule has 7 heteroatoms. The summed E-state index contributed by atoms with van der Waals surface area (Å²) in [7, 11) is 0. The molecule has 0 fully saturated rings. The number of amides is 2. The molecule has 0 unspecified atom stereocenters. The number of hydrogen-bond acceptors (Lipinski definition) is 5. The van der Waals surface area contributed by atoms with Crippen LogP contribution in [0.4, 0.5) is 4.79 Å². The lowest BCUT2D eigenvalue weighted by Gasteiger charge is -2.35. The highest BCUT2D eigenvalue weighted by Crippen LogP contribution is 2.33. The van der Waals surface area contributed by atoms with E-state index in [1.54, 1.807) is 45.0 Å². The van der Waals surface area contributed by atoms with Crippen LogP contribution < -0.4 is 10.1 Å². The van der Waals surface area contributed by atoms with Crippen LogP contribution in [-0.2, 0) is 20.9 Å². The van der Waals surface area contributed by atoms with E-state index in [2.05, 4.69) is 5.32 Å². The quantitative estimate of drug-likeness (QED) is 0.560. The van der Waals surface area contributed by atoms with Crippen molar-refractivity contribution in [2.45, 2.75) is 46.4 Å². The third-order valence-corrected chi connectivity index (χ3v) is 4.82. The Bertz CT molecular complexity index is 996. The molecule has 0 aliphatic carbocycles. The zero-order valence-electron chi connectivity index (χ0n) is 18.0. The van der Waals surface area contributed by atoms with Gasteiger partial charge in [-0.2, -0.15) is 0 Å². The van der Waals surface area contributed by atoms with Gasteiger partial charge >= 0.3 is 18.0 Å². The molecule has 1 N–H and O–H groups in total. The second kappa shape index (κ2) is 9.47. The minimum absolute atomic E-state index is 0.306. The van der Waals surface area contributed by atoms with E-state index in [0.717, 1.165) is 5.56 Å². The normalized spacial score (nSPS) is 16.2. The van der Waals surface area contributed by atoms with E-state index in [1.165, 1.54) is 11.8 Å². The minimum Gasteiger partial charge on any atom is -0.459 e. The molecular weight excluding hydrogens is 396 g/mol. The first-order valence-corrected chi connectivity index (χ1v) is 10.1. The van der Waals surface area contributed by atoms with Gasteiger partial charge in [0.05, 0.1) is 24.3 Å². The van der Waals surface area contributed by atoms with Crippen LogP contribution in [0.15, 0.2) is 65.9 Å². The Morgan fingerprint density at radius 2 is 1.71 bits per heavy atom. The lowest BCUT2D eigenvalue weighted by molar-refractivity contribution is -0.143. The SMILES string of the molecule is CC(=O)Oc1ccc([C@H]2NC(=O)N(Cc3ccccc3)C(C)=C2C(=O)OC(C)C)cc1. The molecule has 2 aromatic rings. The Balaban J connectivity index is 1.99. The maximum absolute atomic E-state index is 13.0. The summed E-state index contributed by atoms with van der Waals surface area (Å²) in [5.74, 6) is -0.525. The lowest BCUT2D eigenvalue weighted by atomic mass is 9.94. The van der Waals surface area contributed by atoms with Crippen LogP contribution in [0.25, 0.3) is 0 Å². The van der Waals surface area contributed by atoms with Crippen molar-refractivity contribution >= 4 is 18.0 Å². The highest BCUT2D eigenvalue weighted by Gasteiger charge is 2.36. The number of hydrogen-bond donors (Lipinski definition) is 1. The first-order chi connectivity index (χ1) is 14.8. The van der Waals surface area contributed by atoms with Crippen LogP contribution in [0.2, 0.25) is 0 Å². The minimum atomic E-state index is -0.683. The van der Waals surface area contributed by atoms with Crippen molar-refractivity contribution < 1.29 is 23.9 Å². The second-order valence-electron chi connectivity index (χ2n) is 7.57. The van der Waals surface area contributed by atoms with Gasteiger partial charge in [-0.25, -0.2) is 9.59 Å². The molecule has 3 rings (SSSR count). The van der Waals surface area contributed by atoms with Gasteiger partial charge < -0.3 is 14.8 Å². The average molecular weight is 422 g/mol. The molecule has 0 radical (unpaired) electrons. The fourth-order valence-corrected chi connectivity index (χ4v) is 3.42. The molecule has 1 heterocycles. The van der Waals surface area contributed by atoms with Crippen LogP contribution >= 0.6 is 0 Å².